The number of hydrogen-bond acceptors (Lipinski definition) is 1. The van der Waals surface area contributed by atoms with Gasteiger partial charge in [0.1, 0.15) is 5.82 Å². The molecule has 1 rings (SSSR count). The first-order valence-corrected chi connectivity index (χ1v) is 6.17. The fraction of sp³-hybridized carbons (Fsp3) is 0.417. The van der Waals surface area contributed by atoms with E-state index in [0.717, 1.165) is 5.33 Å². The van der Waals surface area contributed by atoms with E-state index in [1.54, 1.807) is 12.1 Å². The minimum Gasteiger partial charge on any atom is -0.351 e. The molecule has 0 heterocycles. The van der Waals surface area contributed by atoms with Gasteiger partial charge in [0.25, 0.3) is 5.91 Å². The molecule has 4 heteroatoms. The van der Waals surface area contributed by atoms with Crippen molar-refractivity contribution in [3.05, 3.63) is 35.6 Å². The molecule has 0 spiro atoms. The Morgan fingerprint density at radius 2 is 2.06 bits per heavy atom. The van der Waals surface area contributed by atoms with Crippen molar-refractivity contribution in [1.82, 2.24) is 5.32 Å². The number of benzene rings is 1. The molecule has 0 bridgehead atoms. The number of alkyl halides is 1. The number of hydrogen-bond donors (Lipinski definition) is 1. The number of nitrogens with one attached hydrogen (secondary N) is 1. The van der Waals surface area contributed by atoms with E-state index in [1.807, 2.05) is 13.8 Å². The molecule has 0 radical (unpaired) electrons. The van der Waals surface area contributed by atoms with Crippen LogP contribution in [0.4, 0.5) is 4.39 Å². The molecule has 0 unspecified atom stereocenters. The third-order valence-corrected chi connectivity index (χ3v) is 3.73. The number of rotatable bonds is 4. The van der Waals surface area contributed by atoms with Crippen LogP contribution in [0.25, 0.3) is 0 Å². The largest absolute Gasteiger partial charge is 0.351 e. The second-order valence-electron chi connectivity index (χ2n) is 4.46. The molecule has 16 heavy (non-hydrogen) atoms. The van der Waals surface area contributed by atoms with Gasteiger partial charge < -0.3 is 5.32 Å². The molecule has 1 aromatic carbocycles. The summed E-state index contributed by atoms with van der Waals surface area (Å²) in [5, 5.41) is 3.50. The van der Waals surface area contributed by atoms with Crippen molar-refractivity contribution < 1.29 is 9.18 Å². The van der Waals surface area contributed by atoms with Gasteiger partial charge in [-0.3, -0.25) is 4.79 Å². The summed E-state index contributed by atoms with van der Waals surface area (Å²) >= 11 is 3.37. The van der Waals surface area contributed by atoms with Gasteiger partial charge in [-0.05, 0) is 17.5 Å². The smallest absolute Gasteiger partial charge is 0.254 e. The third-order valence-electron chi connectivity index (χ3n) is 2.21. The first-order chi connectivity index (χ1) is 7.46. The van der Waals surface area contributed by atoms with E-state index in [1.165, 1.54) is 12.1 Å². The Morgan fingerprint density at radius 3 is 2.62 bits per heavy atom. The third kappa shape index (κ3) is 3.59. The molecule has 0 fully saturated rings. The van der Waals surface area contributed by atoms with Crippen LogP contribution in [0.15, 0.2) is 24.3 Å². The first kappa shape index (κ1) is 13.2. The Hall–Kier alpha value is -0.900. The Kier molecular flexibility index (Phi) is 4.47. The lowest BCUT2D eigenvalue weighted by Gasteiger charge is -2.21. The Bertz CT molecular complexity index is 379. The topological polar surface area (TPSA) is 29.1 Å². The van der Waals surface area contributed by atoms with Crippen molar-refractivity contribution in [2.24, 2.45) is 5.41 Å². The summed E-state index contributed by atoms with van der Waals surface area (Å²) < 4.78 is 13.3. The average molecular weight is 288 g/mol. The number of halogens is 2. The van der Waals surface area contributed by atoms with Crippen LogP contribution < -0.4 is 5.32 Å². The Labute approximate surface area is 103 Å². The zero-order valence-corrected chi connectivity index (χ0v) is 11.0. The van der Waals surface area contributed by atoms with E-state index in [4.69, 9.17) is 0 Å². The maximum Gasteiger partial charge on any atom is 0.254 e. The minimum absolute atomic E-state index is 0.0408. The molecular formula is C12H15BrFNO. The van der Waals surface area contributed by atoms with E-state index >= 15 is 0 Å². The van der Waals surface area contributed by atoms with Crippen LogP contribution in [-0.2, 0) is 0 Å². The van der Waals surface area contributed by atoms with Crippen molar-refractivity contribution in [2.75, 3.05) is 11.9 Å². The van der Waals surface area contributed by atoms with Gasteiger partial charge in [0.05, 0.1) is 5.56 Å². The van der Waals surface area contributed by atoms with Crippen molar-refractivity contribution in [3.8, 4) is 0 Å². The van der Waals surface area contributed by atoms with E-state index in [9.17, 15) is 9.18 Å². The van der Waals surface area contributed by atoms with Crippen molar-refractivity contribution in [3.63, 3.8) is 0 Å². The molecular weight excluding hydrogens is 273 g/mol. The molecule has 2 nitrogen and oxygen atoms in total. The van der Waals surface area contributed by atoms with Gasteiger partial charge >= 0.3 is 0 Å². The molecule has 88 valence electrons. The van der Waals surface area contributed by atoms with Gasteiger partial charge in [-0.15, -0.1) is 0 Å². The Morgan fingerprint density at radius 1 is 1.44 bits per heavy atom. The van der Waals surface area contributed by atoms with Crippen molar-refractivity contribution in [2.45, 2.75) is 13.8 Å². The molecule has 1 aromatic rings. The maximum absolute atomic E-state index is 13.3. The first-order valence-electron chi connectivity index (χ1n) is 5.05. The van der Waals surface area contributed by atoms with Gasteiger partial charge in [-0.2, -0.15) is 0 Å². The maximum atomic E-state index is 13.3. The summed E-state index contributed by atoms with van der Waals surface area (Å²) in [5.41, 5.74) is 0.0499. The predicted octanol–water partition coefficient (Wildman–Crippen LogP) is 2.98. The highest BCUT2D eigenvalue weighted by Gasteiger charge is 2.18. The second kappa shape index (κ2) is 5.43. The van der Waals surface area contributed by atoms with Crippen LogP contribution in [0.3, 0.4) is 0 Å². The van der Waals surface area contributed by atoms with E-state index in [-0.39, 0.29) is 16.9 Å². The van der Waals surface area contributed by atoms with E-state index in [2.05, 4.69) is 21.2 Å². The fourth-order valence-electron chi connectivity index (χ4n) is 1.11. The summed E-state index contributed by atoms with van der Waals surface area (Å²) in [5.74, 6) is -0.858. The molecule has 1 amide bonds. The molecule has 0 saturated carbocycles. The van der Waals surface area contributed by atoms with Gasteiger partial charge in [0.2, 0.25) is 0 Å². The lowest BCUT2D eigenvalue weighted by Crippen LogP contribution is -2.35. The normalized spacial score (nSPS) is 11.2. The summed E-state index contributed by atoms with van der Waals surface area (Å²) in [6, 6.07) is 5.97. The van der Waals surface area contributed by atoms with E-state index in [0.29, 0.717) is 6.54 Å². The van der Waals surface area contributed by atoms with Crippen LogP contribution >= 0.6 is 15.9 Å². The quantitative estimate of drug-likeness (QED) is 0.848. The highest BCUT2D eigenvalue weighted by atomic mass is 79.9. The van der Waals surface area contributed by atoms with Gasteiger partial charge in [0.15, 0.2) is 0 Å². The summed E-state index contributed by atoms with van der Waals surface area (Å²) in [7, 11) is 0. The van der Waals surface area contributed by atoms with E-state index < -0.39 is 5.82 Å². The second-order valence-corrected chi connectivity index (χ2v) is 5.02. The van der Waals surface area contributed by atoms with Gasteiger partial charge in [-0.1, -0.05) is 41.9 Å². The molecule has 0 aliphatic carbocycles. The van der Waals surface area contributed by atoms with Gasteiger partial charge in [-0.25, -0.2) is 4.39 Å². The van der Waals surface area contributed by atoms with Crippen molar-refractivity contribution in [1.29, 1.82) is 0 Å². The molecule has 0 aromatic heterocycles. The number of carbonyl (C=O) groups excluding carboxylic acids is 1. The Balaban J connectivity index is 2.64. The van der Waals surface area contributed by atoms with Crippen LogP contribution in [0.5, 0.6) is 0 Å². The minimum atomic E-state index is -0.489. The zero-order valence-electron chi connectivity index (χ0n) is 9.39. The summed E-state index contributed by atoms with van der Waals surface area (Å²) in [4.78, 5) is 11.7. The predicted molar refractivity (Wildman–Crippen MR) is 66.3 cm³/mol. The van der Waals surface area contributed by atoms with Crippen LogP contribution in [0.1, 0.15) is 24.2 Å². The average Bonchev–Trinajstić information content (AvgIpc) is 2.27. The van der Waals surface area contributed by atoms with Crippen LogP contribution in [-0.4, -0.2) is 17.8 Å². The molecule has 0 aliphatic heterocycles. The van der Waals surface area contributed by atoms with Crippen LogP contribution in [0, 0.1) is 11.2 Å². The molecule has 0 aliphatic rings. The number of carbonyl (C=O) groups is 1. The zero-order chi connectivity index (χ0) is 12.2. The molecule has 0 saturated heterocycles. The molecule has 0 atom stereocenters. The summed E-state index contributed by atoms with van der Waals surface area (Å²) in [6.07, 6.45) is 0. The number of amides is 1. The summed E-state index contributed by atoms with van der Waals surface area (Å²) in [6.45, 7) is 4.54. The van der Waals surface area contributed by atoms with Crippen molar-refractivity contribution >= 4 is 21.8 Å². The van der Waals surface area contributed by atoms with Crippen LogP contribution in [0.2, 0.25) is 0 Å². The lowest BCUT2D eigenvalue weighted by molar-refractivity contribution is 0.0936. The van der Waals surface area contributed by atoms with Gasteiger partial charge in [0, 0.05) is 11.9 Å². The monoisotopic (exact) mass is 287 g/mol. The highest BCUT2D eigenvalue weighted by Crippen LogP contribution is 2.16. The lowest BCUT2D eigenvalue weighted by atomic mass is 9.97. The standard InChI is InChI=1S/C12H15BrFNO/c1-12(2,7-13)8-15-11(16)9-5-3-4-6-10(9)14/h3-6H,7-8H2,1-2H3,(H,15,16). The fourth-order valence-corrected chi connectivity index (χ4v) is 1.31. The highest BCUT2D eigenvalue weighted by molar-refractivity contribution is 9.09. The molecule has 1 N–H and O–H groups in total. The SMILES string of the molecule is CC(C)(CBr)CNC(=O)c1ccccc1F.